The first-order chi connectivity index (χ1) is 7.15. The van der Waals surface area contributed by atoms with Crippen molar-refractivity contribution < 1.29 is 9.90 Å². The Morgan fingerprint density at radius 1 is 1.40 bits per heavy atom. The smallest absolute Gasteiger partial charge is 0.228 e. The van der Waals surface area contributed by atoms with Crippen molar-refractivity contribution in [3.05, 3.63) is 35.9 Å². The Labute approximate surface area is 88.9 Å². The van der Waals surface area contributed by atoms with Crippen molar-refractivity contribution in [3.8, 4) is 0 Å². The number of carbonyl (C=O) groups is 1. The third kappa shape index (κ3) is 1.63. The summed E-state index contributed by atoms with van der Waals surface area (Å²) in [6.45, 7) is 0. The predicted octanol–water partition coefficient (Wildman–Crippen LogP) is 0.954. The van der Waals surface area contributed by atoms with Crippen LogP contribution in [0.5, 0.6) is 0 Å². The lowest BCUT2D eigenvalue weighted by Crippen LogP contribution is -2.39. The molecule has 0 bridgehead atoms. The molecule has 1 fully saturated rings. The van der Waals surface area contributed by atoms with Gasteiger partial charge in [0.15, 0.2) is 0 Å². The normalized spacial score (nSPS) is 30.3. The predicted molar refractivity (Wildman–Crippen MR) is 57.2 cm³/mol. The lowest BCUT2D eigenvalue weighted by Gasteiger charge is -2.25. The van der Waals surface area contributed by atoms with E-state index in [0.717, 1.165) is 5.56 Å². The number of carbonyl (C=O) groups excluding carboxylic acids is 1. The van der Waals surface area contributed by atoms with E-state index in [0.29, 0.717) is 19.3 Å². The Morgan fingerprint density at radius 2 is 2.07 bits per heavy atom. The average molecular weight is 205 g/mol. The minimum Gasteiger partial charge on any atom is -0.393 e. The van der Waals surface area contributed by atoms with Gasteiger partial charge in [-0.3, -0.25) is 4.79 Å². The first kappa shape index (κ1) is 10.2. The Hall–Kier alpha value is -1.35. The number of amides is 1. The average Bonchev–Trinajstić information content (AvgIpc) is 2.63. The van der Waals surface area contributed by atoms with Gasteiger partial charge in [-0.2, -0.15) is 0 Å². The fourth-order valence-electron chi connectivity index (χ4n) is 2.40. The van der Waals surface area contributed by atoms with Gasteiger partial charge in [0.1, 0.15) is 0 Å². The molecule has 3 N–H and O–H groups in total. The molecule has 15 heavy (non-hydrogen) atoms. The van der Waals surface area contributed by atoms with Crippen LogP contribution in [0.3, 0.4) is 0 Å². The molecule has 2 atom stereocenters. The molecule has 0 aromatic heterocycles. The van der Waals surface area contributed by atoms with Crippen LogP contribution >= 0.6 is 0 Å². The number of primary amides is 1. The van der Waals surface area contributed by atoms with Crippen molar-refractivity contribution in [2.45, 2.75) is 30.8 Å². The molecule has 3 heteroatoms. The zero-order valence-electron chi connectivity index (χ0n) is 8.52. The highest BCUT2D eigenvalue weighted by atomic mass is 16.3. The molecule has 2 rings (SSSR count). The number of hydrogen-bond acceptors (Lipinski definition) is 2. The van der Waals surface area contributed by atoms with Gasteiger partial charge in [0.05, 0.1) is 11.5 Å². The molecule has 0 aliphatic heterocycles. The summed E-state index contributed by atoms with van der Waals surface area (Å²) in [7, 11) is 0. The third-order valence-corrected chi connectivity index (χ3v) is 3.29. The topological polar surface area (TPSA) is 63.3 Å². The molecule has 2 unspecified atom stereocenters. The van der Waals surface area contributed by atoms with E-state index in [1.165, 1.54) is 0 Å². The van der Waals surface area contributed by atoms with Crippen LogP contribution in [-0.4, -0.2) is 17.1 Å². The van der Waals surface area contributed by atoms with E-state index >= 15 is 0 Å². The number of aliphatic hydroxyl groups is 1. The van der Waals surface area contributed by atoms with Crippen molar-refractivity contribution in [2.24, 2.45) is 5.73 Å². The van der Waals surface area contributed by atoms with Gasteiger partial charge in [0, 0.05) is 0 Å². The number of benzene rings is 1. The van der Waals surface area contributed by atoms with Crippen LogP contribution in [0.2, 0.25) is 0 Å². The van der Waals surface area contributed by atoms with Gasteiger partial charge in [0.25, 0.3) is 0 Å². The van der Waals surface area contributed by atoms with Gasteiger partial charge in [-0.25, -0.2) is 0 Å². The molecule has 0 saturated heterocycles. The van der Waals surface area contributed by atoms with Crippen molar-refractivity contribution in [1.82, 2.24) is 0 Å². The SMILES string of the molecule is NC(=O)C1(c2ccccc2)CCC(O)C1. The molecule has 3 nitrogen and oxygen atoms in total. The van der Waals surface area contributed by atoms with E-state index in [9.17, 15) is 9.90 Å². The van der Waals surface area contributed by atoms with E-state index in [2.05, 4.69) is 0 Å². The number of hydrogen-bond donors (Lipinski definition) is 2. The molecule has 1 aromatic rings. The van der Waals surface area contributed by atoms with Gasteiger partial charge in [-0.15, -0.1) is 0 Å². The molecule has 1 amide bonds. The van der Waals surface area contributed by atoms with Crippen LogP contribution in [0.15, 0.2) is 30.3 Å². The summed E-state index contributed by atoms with van der Waals surface area (Å²) in [5.41, 5.74) is 5.75. The molecule has 1 aliphatic rings. The maximum Gasteiger partial charge on any atom is 0.228 e. The second-order valence-corrected chi connectivity index (χ2v) is 4.21. The summed E-state index contributed by atoms with van der Waals surface area (Å²) in [6, 6.07) is 9.50. The fraction of sp³-hybridized carbons (Fsp3) is 0.417. The van der Waals surface area contributed by atoms with E-state index in [1.807, 2.05) is 30.3 Å². The Balaban J connectivity index is 2.41. The Morgan fingerprint density at radius 3 is 2.53 bits per heavy atom. The van der Waals surface area contributed by atoms with Crippen LogP contribution in [0.25, 0.3) is 0 Å². The Bertz CT molecular complexity index is 363. The lowest BCUT2D eigenvalue weighted by atomic mass is 9.78. The summed E-state index contributed by atoms with van der Waals surface area (Å²) in [6.07, 6.45) is 1.34. The fourth-order valence-corrected chi connectivity index (χ4v) is 2.40. The molecular formula is C12H15NO2. The molecular weight excluding hydrogens is 190 g/mol. The van der Waals surface area contributed by atoms with Crippen molar-refractivity contribution >= 4 is 5.91 Å². The number of aliphatic hydroxyl groups excluding tert-OH is 1. The molecule has 1 aromatic carbocycles. The maximum absolute atomic E-state index is 11.6. The summed E-state index contributed by atoms with van der Waals surface area (Å²) < 4.78 is 0. The molecule has 0 heterocycles. The Kier molecular flexibility index (Phi) is 2.49. The summed E-state index contributed by atoms with van der Waals surface area (Å²) in [5, 5.41) is 9.57. The van der Waals surface area contributed by atoms with Gasteiger partial charge in [-0.05, 0) is 24.8 Å². The number of nitrogens with two attached hydrogens (primary N) is 1. The molecule has 80 valence electrons. The zero-order valence-corrected chi connectivity index (χ0v) is 8.52. The summed E-state index contributed by atoms with van der Waals surface area (Å²) in [4.78, 5) is 11.6. The van der Waals surface area contributed by atoms with Crippen molar-refractivity contribution in [1.29, 1.82) is 0 Å². The van der Waals surface area contributed by atoms with Crippen molar-refractivity contribution in [2.75, 3.05) is 0 Å². The second-order valence-electron chi connectivity index (χ2n) is 4.21. The number of rotatable bonds is 2. The molecule has 0 radical (unpaired) electrons. The van der Waals surface area contributed by atoms with Crippen LogP contribution < -0.4 is 5.73 Å². The lowest BCUT2D eigenvalue weighted by molar-refractivity contribution is -0.123. The quantitative estimate of drug-likeness (QED) is 0.755. The summed E-state index contributed by atoms with van der Waals surface area (Å²) in [5.74, 6) is -0.328. The summed E-state index contributed by atoms with van der Waals surface area (Å²) >= 11 is 0. The standard InChI is InChI=1S/C12H15NO2/c13-11(15)12(7-6-10(14)8-12)9-4-2-1-3-5-9/h1-5,10,14H,6-8H2,(H2,13,15). The highest BCUT2D eigenvalue weighted by Gasteiger charge is 2.44. The monoisotopic (exact) mass is 205 g/mol. The molecule has 0 spiro atoms. The minimum atomic E-state index is -0.652. The van der Waals surface area contributed by atoms with Crippen LogP contribution in [0, 0.1) is 0 Å². The van der Waals surface area contributed by atoms with Crippen LogP contribution in [0.4, 0.5) is 0 Å². The maximum atomic E-state index is 11.6. The minimum absolute atomic E-state index is 0.328. The first-order valence-corrected chi connectivity index (χ1v) is 5.19. The highest BCUT2D eigenvalue weighted by molar-refractivity contribution is 5.87. The van der Waals surface area contributed by atoms with Crippen molar-refractivity contribution in [3.63, 3.8) is 0 Å². The zero-order chi connectivity index (χ0) is 10.9. The van der Waals surface area contributed by atoms with E-state index in [1.54, 1.807) is 0 Å². The van der Waals surface area contributed by atoms with Gasteiger partial charge in [0.2, 0.25) is 5.91 Å². The van der Waals surface area contributed by atoms with Gasteiger partial charge in [-0.1, -0.05) is 30.3 Å². The highest BCUT2D eigenvalue weighted by Crippen LogP contribution is 2.40. The largest absolute Gasteiger partial charge is 0.393 e. The third-order valence-electron chi connectivity index (χ3n) is 3.29. The van der Waals surface area contributed by atoms with Crippen LogP contribution in [-0.2, 0) is 10.2 Å². The van der Waals surface area contributed by atoms with E-state index < -0.39 is 11.5 Å². The molecule has 1 saturated carbocycles. The van der Waals surface area contributed by atoms with E-state index in [-0.39, 0.29) is 5.91 Å². The van der Waals surface area contributed by atoms with E-state index in [4.69, 9.17) is 5.73 Å². The second kappa shape index (κ2) is 3.66. The first-order valence-electron chi connectivity index (χ1n) is 5.19. The van der Waals surface area contributed by atoms with Crippen LogP contribution in [0.1, 0.15) is 24.8 Å². The van der Waals surface area contributed by atoms with Gasteiger partial charge >= 0.3 is 0 Å². The molecule has 1 aliphatic carbocycles. The van der Waals surface area contributed by atoms with Gasteiger partial charge < -0.3 is 10.8 Å².